The Labute approximate surface area is 295 Å². The van der Waals surface area contributed by atoms with Crippen molar-refractivity contribution in [1.82, 2.24) is 9.62 Å². The van der Waals surface area contributed by atoms with E-state index in [0.29, 0.717) is 13.2 Å². The molecule has 0 aromatic heterocycles. The summed E-state index contributed by atoms with van der Waals surface area (Å²) in [5.41, 5.74) is 2.56. The molecule has 0 unspecified atom stereocenters. The highest BCUT2D eigenvalue weighted by atomic mass is 79.9. The van der Waals surface area contributed by atoms with Gasteiger partial charge in [-0.3, -0.25) is 15.0 Å². The van der Waals surface area contributed by atoms with Crippen molar-refractivity contribution in [2.24, 2.45) is 0 Å². The molecule has 0 aliphatic carbocycles. The average Bonchev–Trinajstić information content (AvgIpc) is 3.13. The number of ether oxygens (including phenoxy) is 1. The van der Waals surface area contributed by atoms with Gasteiger partial charge in [0.15, 0.2) is 4.90 Å². The molecule has 1 aliphatic rings. The van der Waals surface area contributed by atoms with Crippen LogP contribution in [-0.4, -0.2) is 50.0 Å². The number of nitro benzene ring substituents is 1. The Morgan fingerprint density at radius 3 is 1.82 bits per heavy atom. The molecule has 1 aliphatic heterocycles. The smallest absolute Gasteiger partial charge is 0.289 e. The molecule has 10 heteroatoms. The lowest BCUT2D eigenvalue weighted by Gasteiger charge is -2.56. The molecule has 8 nitrogen and oxygen atoms in total. The van der Waals surface area contributed by atoms with Crippen molar-refractivity contribution in [1.29, 1.82) is 0 Å². The fourth-order valence-electron chi connectivity index (χ4n) is 6.89. The second-order valence-corrected chi connectivity index (χ2v) is 14.5. The summed E-state index contributed by atoms with van der Waals surface area (Å²) < 4.78 is 37.8. The number of hydrogen-bond donors (Lipinski definition) is 1. The third kappa shape index (κ3) is 7.01. The molecule has 250 valence electrons. The fraction of sp³-hybridized carbons (Fsp3) is 0.179. The summed E-state index contributed by atoms with van der Waals surface area (Å²) in [6.07, 6.45) is 1.80. The van der Waals surface area contributed by atoms with Gasteiger partial charge in [-0.25, -0.2) is 13.1 Å². The van der Waals surface area contributed by atoms with Gasteiger partial charge in [-0.1, -0.05) is 137 Å². The molecule has 0 bridgehead atoms. The summed E-state index contributed by atoms with van der Waals surface area (Å²) in [4.78, 5) is 12.8. The maximum atomic E-state index is 13.5. The molecule has 3 atom stereocenters. The zero-order chi connectivity index (χ0) is 34.4. The largest absolute Gasteiger partial charge is 0.359 e. The van der Waals surface area contributed by atoms with Gasteiger partial charge in [0.1, 0.15) is 5.60 Å². The third-order valence-electron chi connectivity index (χ3n) is 9.12. The van der Waals surface area contributed by atoms with E-state index in [1.54, 1.807) is 6.08 Å². The summed E-state index contributed by atoms with van der Waals surface area (Å²) in [6.45, 7) is 4.81. The Balaban J connectivity index is 1.38. The SMILES string of the molecule is C=CCN1[C@@H](CNS(=O)(=O)c2ccccc2[N+](=O)[O-])[C@H](c2ccc(Br)cc2)[C@@H]1COC(c1ccccc1)(c1ccccc1)c1ccccc1. The molecule has 49 heavy (non-hydrogen) atoms. The van der Waals surface area contributed by atoms with E-state index in [9.17, 15) is 18.5 Å². The molecule has 6 rings (SSSR count). The van der Waals surface area contributed by atoms with E-state index in [2.05, 4.69) is 68.5 Å². The predicted molar refractivity (Wildman–Crippen MR) is 195 cm³/mol. The normalized spacial score (nSPS) is 18.0. The lowest BCUT2D eigenvalue weighted by molar-refractivity contribution is -0.387. The van der Waals surface area contributed by atoms with Crippen molar-refractivity contribution >= 4 is 31.6 Å². The minimum atomic E-state index is -4.20. The van der Waals surface area contributed by atoms with Crippen molar-refractivity contribution < 1.29 is 18.1 Å². The zero-order valence-corrected chi connectivity index (χ0v) is 29.0. The van der Waals surface area contributed by atoms with Crippen LogP contribution in [0.4, 0.5) is 5.69 Å². The predicted octanol–water partition coefficient (Wildman–Crippen LogP) is 7.67. The summed E-state index contributed by atoms with van der Waals surface area (Å²) in [7, 11) is -4.20. The number of nitrogens with zero attached hydrogens (tertiary/aromatic N) is 2. The lowest BCUT2D eigenvalue weighted by atomic mass is 9.74. The molecular formula is C39H36BrN3O5S. The quantitative estimate of drug-likeness (QED) is 0.0544. The molecule has 5 aromatic carbocycles. The number of nitro groups is 1. The summed E-state index contributed by atoms with van der Waals surface area (Å²) in [5, 5.41) is 11.7. The van der Waals surface area contributed by atoms with E-state index in [0.717, 1.165) is 26.7 Å². The van der Waals surface area contributed by atoms with Crippen LogP contribution in [0.15, 0.2) is 162 Å². The molecule has 1 fully saturated rings. The lowest BCUT2D eigenvalue weighted by Crippen LogP contribution is -2.67. The van der Waals surface area contributed by atoms with Gasteiger partial charge in [-0.15, -0.1) is 6.58 Å². The molecule has 0 radical (unpaired) electrons. The average molecular weight is 739 g/mol. The maximum Gasteiger partial charge on any atom is 0.289 e. The molecule has 0 amide bonds. The Morgan fingerprint density at radius 1 is 0.796 bits per heavy atom. The van der Waals surface area contributed by atoms with Crippen LogP contribution in [0.3, 0.4) is 0 Å². The minimum absolute atomic E-state index is 0.0284. The third-order valence-corrected chi connectivity index (χ3v) is 11.1. The van der Waals surface area contributed by atoms with E-state index in [4.69, 9.17) is 4.74 Å². The summed E-state index contributed by atoms with van der Waals surface area (Å²) in [6, 6.07) is 43.4. The minimum Gasteiger partial charge on any atom is -0.359 e. The second kappa shape index (κ2) is 15.0. The monoisotopic (exact) mass is 737 g/mol. The molecule has 0 saturated carbocycles. The van der Waals surface area contributed by atoms with Gasteiger partial charge in [0.2, 0.25) is 10.0 Å². The van der Waals surface area contributed by atoms with Crippen LogP contribution in [-0.2, 0) is 20.4 Å². The Kier molecular flexibility index (Phi) is 10.5. The van der Waals surface area contributed by atoms with Crippen molar-refractivity contribution in [2.45, 2.75) is 28.5 Å². The first-order valence-electron chi connectivity index (χ1n) is 15.9. The van der Waals surface area contributed by atoms with Gasteiger partial charge in [-0.2, -0.15) is 0 Å². The summed E-state index contributed by atoms with van der Waals surface area (Å²) >= 11 is 3.54. The van der Waals surface area contributed by atoms with Gasteiger partial charge in [0.05, 0.1) is 11.5 Å². The molecule has 0 spiro atoms. The first-order chi connectivity index (χ1) is 23.8. The van der Waals surface area contributed by atoms with Crippen molar-refractivity contribution in [3.63, 3.8) is 0 Å². The number of rotatable bonds is 14. The molecular weight excluding hydrogens is 702 g/mol. The topological polar surface area (TPSA) is 102 Å². The number of halogens is 1. The van der Waals surface area contributed by atoms with E-state index in [-0.39, 0.29) is 29.4 Å². The van der Waals surface area contributed by atoms with E-state index in [1.165, 1.54) is 24.3 Å². The number of nitrogens with one attached hydrogen (secondary N) is 1. The van der Waals surface area contributed by atoms with Crippen LogP contribution < -0.4 is 4.72 Å². The van der Waals surface area contributed by atoms with E-state index < -0.39 is 26.2 Å². The standard InChI is InChI=1S/C39H36BrN3O5S/c1-2-26-42-35(27-41-49(46,47)37-21-13-12-20-34(37)43(44)45)38(29-22-24-33(40)25-23-29)36(42)28-48-39(30-14-6-3-7-15-30,31-16-8-4-9-17-31)32-18-10-5-11-19-32/h2-25,35-36,38,41H,1,26-28H2/t35-,36-,38-/m0/s1. The Morgan fingerprint density at radius 2 is 1.31 bits per heavy atom. The van der Waals surface area contributed by atoms with Gasteiger partial charge in [0.25, 0.3) is 5.69 Å². The number of benzene rings is 5. The van der Waals surface area contributed by atoms with Crippen molar-refractivity contribution in [3.05, 3.63) is 189 Å². The highest BCUT2D eigenvalue weighted by Gasteiger charge is 2.50. The van der Waals surface area contributed by atoms with E-state index >= 15 is 0 Å². The van der Waals surface area contributed by atoms with Crippen LogP contribution in [0.25, 0.3) is 0 Å². The Hall–Kier alpha value is -4.45. The highest BCUT2D eigenvalue weighted by molar-refractivity contribution is 9.10. The van der Waals surface area contributed by atoms with Crippen LogP contribution in [0.2, 0.25) is 0 Å². The first-order valence-corrected chi connectivity index (χ1v) is 18.2. The van der Waals surface area contributed by atoms with Gasteiger partial charge >= 0.3 is 0 Å². The highest BCUT2D eigenvalue weighted by Crippen LogP contribution is 2.45. The van der Waals surface area contributed by atoms with Crippen LogP contribution in [0.1, 0.15) is 28.2 Å². The number of para-hydroxylation sites is 1. The van der Waals surface area contributed by atoms with Gasteiger partial charge in [-0.05, 0) is 40.5 Å². The summed E-state index contributed by atoms with van der Waals surface area (Å²) in [5.74, 6) is -0.137. The molecule has 1 N–H and O–H groups in total. The number of sulfonamides is 1. The van der Waals surface area contributed by atoms with E-state index in [1.807, 2.05) is 78.9 Å². The fourth-order valence-corrected chi connectivity index (χ4v) is 8.38. The zero-order valence-electron chi connectivity index (χ0n) is 26.6. The maximum absolute atomic E-state index is 13.5. The van der Waals surface area contributed by atoms with Crippen LogP contribution in [0, 0.1) is 10.1 Å². The van der Waals surface area contributed by atoms with Crippen LogP contribution >= 0.6 is 15.9 Å². The second-order valence-electron chi connectivity index (χ2n) is 11.9. The molecule has 1 heterocycles. The first kappa shape index (κ1) is 34.4. The Bertz CT molecular complexity index is 1900. The molecule has 5 aromatic rings. The number of hydrogen-bond acceptors (Lipinski definition) is 6. The number of likely N-dealkylation sites (tertiary alicyclic amines) is 1. The molecule has 1 saturated heterocycles. The van der Waals surface area contributed by atoms with Gasteiger partial charge in [0, 0.05) is 41.6 Å². The van der Waals surface area contributed by atoms with Crippen molar-refractivity contribution in [2.75, 3.05) is 19.7 Å². The van der Waals surface area contributed by atoms with Crippen LogP contribution in [0.5, 0.6) is 0 Å². The van der Waals surface area contributed by atoms with Crippen molar-refractivity contribution in [3.8, 4) is 0 Å². The van der Waals surface area contributed by atoms with Gasteiger partial charge < -0.3 is 4.74 Å².